The maximum atomic E-state index is 13.0. The summed E-state index contributed by atoms with van der Waals surface area (Å²) in [5.74, 6) is 0.319. The Morgan fingerprint density at radius 1 is 1.00 bits per heavy atom. The largest absolute Gasteiger partial charge is 0.460 e. The van der Waals surface area contributed by atoms with Crippen molar-refractivity contribution in [2.45, 2.75) is 26.9 Å². The molecule has 2 aromatic carbocycles. The molecule has 0 spiro atoms. The predicted molar refractivity (Wildman–Crippen MR) is 107 cm³/mol. The van der Waals surface area contributed by atoms with Crippen molar-refractivity contribution in [2.24, 2.45) is 0 Å². The van der Waals surface area contributed by atoms with Crippen LogP contribution in [0.5, 0.6) is 0 Å². The smallest absolute Gasteiger partial charge is 0.268 e. The fourth-order valence-electron chi connectivity index (χ4n) is 3.27. The average molecular weight is 376 g/mol. The number of nitrogens with zero attached hydrogens (tertiary/aromatic N) is 1. The highest BCUT2D eigenvalue weighted by atomic mass is 19.1. The van der Waals surface area contributed by atoms with Gasteiger partial charge in [0.25, 0.3) is 5.91 Å². The molecule has 0 atom stereocenters. The van der Waals surface area contributed by atoms with Gasteiger partial charge >= 0.3 is 0 Å². The minimum atomic E-state index is -0.294. The highest BCUT2D eigenvalue weighted by molar-refractivity contribution is 5.97. The number of halogens is 1. The maximum absolute atomic E-state index is 13.0. The lowest BCUT2D eigenvalue weighted by Gasteiger charge is -2.11. The Morgan fingerprint density at radius 3 is 2.39 bits per heavy atom. The van der Waals surface area contributed by atoms with E-state index in [1.54, 1.807) is 18.2 Å². The van der Waals surface area contributed by atoms with Crippen LogP contribution in [0.25, 0.3) is 11.1 Å². The minimum absolute atomic E-state index is 0.194. The first-order valence-electron chi connectivity index (χ1n) is 9.17. The van der Waals surface area contributed by atoms with E-state index >= 15 is 0 Å². The molecule has 5 heteroatoms. The van der Waals surface area contributed by atoms with Crippen LogP contribution in [0.1, 0.15) is 32.9 Å². The van der Waals surface area contributed by atoms with Gasteiger partial charge in [0, 0.05) is 25.2 Å². The van der Waals surface area contributed by atoms with Crippen LogP contribution in [0.15, 0.2) is 65.1 Å². The molecule has 142 valence electrons. The molecule has 28 heavy (non-hydrogen) atoms. The molecular formula is C23H21FN2O2. The van der Waals surface area contributed by atoms with Crippen molar-refractivity contribution in [3.8, 4) is 0 Å². The number of fused-ring (bicyclic) bond motifs is 1. The minimum Gasteiger partial charge on any atom is -0.460 e. The third kappa shape index (κ3) is 3.69. The van der Waals surface area contributed by atoms with Crippen molar-refractivity contribution in [2.75, 3.05) is 0 Å². The van der Waals surface area contributed by atoms with Crippen LogP contribution < -0.4 is 5.32 Å². The van der Waals surface area contributed by atoms with Crippen LogP contribution in [-0.2, 0) is 13.1 Å². The van der Waals surface area contributed by atoms with Crippen molar-refractivity contribution in [3.05, 3.63) is 94.6 Å². The summed E-state index contributed by atoms with van der Waals surface area (Å²) in [5.41, 5.74) is 5.26. The van der Waals surface area contributed by atoms with Crippen molar-refractivity contribution < 1.29 is 13.6 Å². The molecule has 0 bridgehead atoms. The molecular weight excluding hydrogens is 355 g/mol. The van der Waals surface area contributed by atoms with E-state index in [4.69, 9.17) is 4.42 Å². The van der Waals surface area contributed by atoms with Gasteiger partial charge in [-0.15, -0.1) is 0 Å². The first-order chi connectivity index (χ1) is 13.5. The van der Waals surface area contributed by atoms with E-state index in [9.17, 15) is 9.18 Å². The Hall–Kier alpha value is -3.34. The summed E-state index contributed by atoms with van der Waals surface area (Å²) in [6.45, 7) is 4.84. The number of furan rings is 1. The van der Waals surface area contributed by atoms with Gasteiger partial charge < -0.3 is 14.3 Å². The summed E-state index contributed by atoms with van der Waals surface area (Å²) in [6, 6.07) is 18.1. The lowest BCUT2D eigenvalue weighted by Crippen LogP contribution is -2.25. The van der Waals surface area contributed by atoms with E-state index in [1.165, 1.54) is 17.7 Å². The number of amides is 1. The quantitative estimate of drug-likeness (QED) is 0.535. The Bertz CT molecular complexity index is 1120. The second-order valence-corrected chi connectivity index (χ2v) is 7.02. The third-order valence-electron chi connectivity index (χ3n) is 4.77. The number of rotatable bonds is 5. The van der Waals surface area contributed by atoms with E-state index in [0.29, 0.717) is 24.4 Å². The Morgan fingerprint density at radius 2 is 1.68 bits per heavy atom. The number of carbonyl (C=O) groups excluding carboxylic acids is 1. The third-order valence-corrected chi connectivity index (χ3v) is 4.77. The molecule has 0 radical (unpaired) electrons. The summed E-state index contributed by atoms with van der Waals surface area (Å²) in [5, 5.41) is 2.91. The van der Waals surface area contributed by atoms with E-state index < -0.39 is 0 Å². The number of aromatic nitrogens is 1. The van der Waals surface area contributed by atoms with Crippen LogP contribution in [-0.4, -0.2) is 10.5 Å². The summed E-state index contributed by atoms with van der Waals surface area (Å²) in [7, 11) is 0. The van der Waals surface area contributed by atoms with Gasteiger partial charge in [-0.05, 0) is 37.1 Å². The molecule has 0 saturated carbocycles. The van der Waals surface area contributed by atoms with Gasteiger partial charge in [0.15, 0.2) is 5.58 Å². The molecule has 0 fully saturated rings. The molecule has 0 aliphatic carbocycles. The van der Waals surface area contributed by atoms with Crippen molar-refractivity contribution >= 4 is 17.0 Å². The molecule has 0 saturated heterocycles. The molecule has 1 amide bonds. The summed E-state index contributed by atoms with van der Waals surface area (Å²) in [4.78, 5) is 12.9. The van der Waals surface area contributed by atoms with Gasteiger partial charge in [0.1, 0.15) is 17.3 Å². The van der Waals surface area contributed by atoms with Gasteiger partial charge in [-0.25, -0.2) is 4.39 Å². The van der Waals surface area contributed by atoms with Crippen LogP contribution in [0.4, 0.5) is 4.39 Å². The van der Waals surface area contributed by atoms with Gasteiger partial charge in [-0.2, -0.15) is 0 Å². The maximum Gasteiger partial charge on any atom is 0.268 e. The van der Waals surface area contributed by atoms with Gasteiger partial charge in [0.2, 0.25) is 0 Å². The zero-order valence-corrected chi connectivity index (χ0v) is 15.8. The van der Waals surface area contributed by atoms with E-state index in [0.717, 1.165) is 22.4 Å². The standard InChI is InChI=1S/C23H21FN2O2/c1-15-3-5-18(6-4-15)14-26-20-11-16(2)28-22(20)12-21(26)23(27)25-13-17-7-9-19(24)10-8-17/h3-12H,13-14H2,1-2H3,(H,25,27). The van der Waals surface area contributed by atoms with E-state index in [-0.39, 0.29) is 11.7 Å². The number of hydrogen-bond donors (Lipinski definition) is 1. The summed E-state index contributed by atoms with van der Waals surface area (Å²) >= 11 is 0. The van der Waals surface area contributed by atoms with Gasteiger partial charge in [-0.3, -0.25) is 4.79 Å². The molecule has 0 aliphatic heterocycles. The number of benzene rings is 2. The molecule has 4 rings (SSSR count). The second-order valence-electron chi connectivity index (χ2n) is 7.02. The molecule has 4 nitrogen and oxygen atoms in total. The zero-order valence-electron chi connectivity index (χ0n) is 15.8. The highest BCUT2D eigenvalue weighted by Crippen LogP contribution is 2.25. The lowest BCUT2D eigenvalue weighted by molar-refractivity contribution is 0.0942. The topological polar surface area (TPSA) is 47.2 Å². The van der Waals surface area contributed by atoms with Crippen LogP contribution in [0.3, 0.4) is 0 Å². The first kappa shape index (κ1) is 18.0. The van der Waals surface area contributed by atoms with Crippen molar-refractivity contribution in [1.29, 1.82) is 0 Å². The highest BCUT2D eigenvalue weighted by Gasteiger charge is 2.18. The number of aryl methyl sites for hydroxylation is 2. The number of hydrogen-bond acceptors (Lipinski definition) is 2. The Kier molecular flexibility index (Phi) is 4.74. The fourth-order valence-corrected chi connectivity index (χ4v) is 3.27. The normalized spacial score (nSPS) is 11.1. The lowest BCUT2D eigenvalue weighted by atomic mass is 10.1. The Labute approximate surface area is 162 Å². The fraction of sp³-hybridized carbons (Fsp3) is 0.174. The second kappa shape index (κ2) is 7.35. The molecule has 2 heterocycles. The number of carbonyl (C=O) groups is 1. The van der Waals surface area contributed by atoms with Crippen LogP contribution in [0, 0.1) is 19.7 Å². The summed E-state index contributed by atoms with van der Waals surface area (Å²) < 4.78 is 20.7. The average Bonchev–Trinajstić information content (AvgIpc) is 3.20. The molecule has 0 aliphatic rings. The van der Waals surface area contributed by atoms with Gasteiger partial charge in [0.05, 0.1) is 5.52 Å². The van der Waals surface area contributed by atoms with Crippen LogP contribution in [0.2, 0.25) is 0 Å². The molecule has 2 aromatic heterocycles. The molecule has 1 N–H and O–H groups in total. The van der Waals surface area contributed by atoms with E-state index in [2.05, 4.69) is 29.6 Å². The monoisotopic (exact) mass is 376 g/mol. The predicted octanol–water partition coefficient (Wildman–Crippen LogP) is 4.97. The van der Waals surface area contributed by atoms with Crippen molar-refractivity contribution in [3.63, 3.8) is 0 Å². The van der Waals surface area contributed by atoms with Crippen molar-refractivity contribution in [1.82, 2.24) is 9.88 Å². The number of nitrogens with one attached hydrogen (secondary N) is 1. The van der Waals surface area contributed by atoms with Gasteiger partial charge in [-0.1, -0.05) is 42.0 Å². The summed E-state index contributed by atoms with van der Waals surface area (Å²) in [6.07, 6.45) is 0. The van der Waals surface area contributed by atoms with E-state index in [1.807, 2.05) is 24.5 Å². The Balaban J connectivity index is 1.61. The molecule has 0 unspecified atom stereocenters. The molecule has 4 aromatic rings. The van der Waals surface area contributed by atoms with Crippen LogP contribution >= 0.6 is 0 Å². The SMILES string of the molecule is Cc1ccc(Cn2c(C(=O)NCc3ccc(F)cc3)cc3oc(C)cc32)cc1. The zero-order chi connectivity index (χ0) is 19.7. The first-order valence-corrected chi connectivity index (χ1v) is 9.17.